The Bertz CT molecular complexity index is 260. The molecule has 0 aliphatic heterocycles. The summed E-state index contributed by atoms with van der Waals surface area (Å²) in [5.74, 6) is 0. The lowest BCUT2D eigenvalue weighted by atomic mass is 10.2. The zero-order chi connectivity index (χ0) is 7.56. The van der Waals surface area contributed by atoms with Crippen molar-refractivity contribution < 1.29 is 4.79 Å². The normalized spacial score (nSPS) is 9.30. The van der Waals surface area contributed by atoms with E-state index in [-0.39, 0.29) is 0 Å². The molecule has 0 unspecified atom stereocenters. The summed E-state index contributed by atoms with van der Waals surface area (Å²) in [5.41, 5.74) is 6.15. The lowest BCUT2D eigenvalue weighted by Gasteiger charge is -1.92. The number of rotatable bonds is 1. The predicted molar refractivity (Wildman–Crippen MR) is 39.9 cm³/mol. The van der Waals surface area contributed by atoms with E-state index in [1.165, 1.54) is 6.07 Å². The lowest BCUT2D eigenvalue weighted by molar-refractivity contribution is 0.108. The van der Waals surface area contributed by atoms with Gasteiger partial charge in [-0.2, -0.15) is 0 Å². The number of anilines is 1. The van der Waals surface area contributed by atoms with Gasteiger partial charge in [-0.15, -0.1) is 0 Å². The van der Waals surface area contributed by atoms with Gasteiger partial charge in [0.05, 0.1) is 0 Å². The first-order valence-electron chi connectivity index (χ1n) is 2.67. The molecule has 2 N–H and O–H groups in total. The van der Waals surface area contributed by atoms with Crippen LogP contribution in [0, 0.1) is 6.07 Å². The number of halogens is 1. The van der Waals surface area contributed by atoms with Crippen molar-refractivity contribution in [1.29, 1.82) is 0 Å². The number of nitrogen functional groups attached to an aromatic ring is 1. The van der Waals surface area contributed by atoms with Gasteiger partial charge in [0.15, 0.2) is 0 Å². The number of hydrogen-bond acceptors (Lipinski definition) is 2. The summed E-state index contributed by atoms with van der Waals surface area (Å²) in [6.45, 7) is 0. The highest BCUT2D eigenvalue weighted by molar-refractivity contribution is 6.67. The molecule has 0 amide bonds. The van der Waals surface area contributed by atoms with Crippen molar-refractivity contribution in [2.45, 2.75) is 0 Å². The molecule has 1 aromatic carbocycles. The molecule has 0 spiro atoms. The molecule has 1 rings (SSSR count). The van der Waals surface area contributed by atoms with Gasteiger partial charge in [0.1, 0.15) is 0 Å². The minimum absolute atomic E-state index is 0.401. The van der Waals surface area contributed by atoms with Crippen molar-refractivity contribution in [2.75, 3.05) is 5.73 Å². The quantitative estimate of drug-likeness (QED) is 0.492. The zero-order valence-electron chi connectivity index (χ0n) is 5.10. The van der Waals surface area contributed by atoms with Crippen LogP contribution in [0.3, 0.4) is 0 Å². The topological polar surface area (TPSA) is 43.1 Å². The van der Waals surface area contributed by atoms with Crippen LogP contribution in [0.2, 0.25) is 0 Å². The number of carbonyl (C=O) groups excluding carboxylic acids is 1. The number of hydrogen-bond donors (Lipinski definition) is 1. The molecule has 10 heavy (non-hydrogen) atoms. The van der Waals surface area contributed by atoms with Crippen LogP contribution in [0.4, 0.5) is 5.69 Å². The monoisotopic (exact) mass is 154 g/mol. The molecule has 0 fully saturated rings. The molecular formula is C7H5ClNO. The summed E-state index contributed by atoms with van der Waals surface area (Å²) in [5, 5.41) is -0.499. The van der Waals surface area contributed by atoms with E-state index in [0.29, 0.717) is 11.3 Å². The Morgan fingerprint density at radius 1 is 1.70 bits per heavy atom. The summed E-state index contributed by atoms with van der Waals surface area (Å²) in [7, 11) is 0. The molecule has 0 atom stereocenters. The Hall–Kier alpha value is -1.02. The van der Waals surface area contributed by atoms with Gasteiger partial charge < -0.3 is 5.73 Å². The Morgan fingerprint density at radius 2 is 2.40 bits per heavy atom. The van der Waals surface area contributed by atoms with Crippen LogP contribution in [0.25, 0.3) is 0 Å². The lowest BCUT2D eigenvalue weighted by Crippen LogP contribution is -1.91. The second-order valence-corrected chi connectivity index (χ2v) is 2.15. The van der Waals surface area contributed by atoms with Gasteiger partial charge in [0.25, 0.3) is 5.24 Å². The maximum atomic E-state index is 10.5. The van der Waals surface area contributed by atoms with E-state index in [9.17, 15) is 4.79 Å². The average Bonchev–Trinajstić information content (AvgIpc) is 1.88. The van der Waals surface area contributed by atoms with Crippen LogP contribution in [-0.4, -0.2) is 5.24 Å². The summed E-state index contributed by atoms with van der Waals surface area (Å²) < 4.78 is 0. The highest BCUT2D eigenvalue weighted by atomic mass is 35.5. The fourth-order valence-electron chi connectivity index (χ4n) is 0.607. The molecule has 1 aromatic rings. The molecule has 3 heteroatoms. The van der Waals surface area contributed by atoms with E-state index in [1.54, 1.807) is 12.1 Å². The number of benzene rings is 1. The second kappa shape index (κ2) is 2.71. The van der Waals surface area contributed by atoms with Crippen molar-refractivity contribution in [3.05, 3.63) is 29.8 Å². The summed E-state index contributed by atoms with van der Waals surface area (Å²) in [4.78, 5) is 10.5. The molecule has 0 heterocycles. The van der Waals surface area contributed by atoms with Gasteiger partial charge in [0, 0.05) is 17.3 Å². The summed E-state index contributed by atoms with van der Waals surface area (Å²) >= 11 is 5.17. The molecular weight excluding hydrogens is 150 g/mol. The van der Waals surface area contributed by atoms with Gasteiger partial charge in [-0.3, -0.25) is 4.79 Å². The molecule has 0 bridgehead atoms. The number of carbonyl (C=O) groups is 1. The first-order valence-corrected chi connectivity index (χ1v) is 3.05. The fraction of sp³-hybridized carbons (Fsp3) is 0. The Morgan fingerprint density at radius 3 is 2.80 bits per heavy atom. The van der Waals surface area contributed by atoms with Crippen LogP contribution in [0.15, 0.2) is 18.2 Å². The average molecular weight is 155 g/mol. The molecule has 0 saturated carbocycles. The summed E-state index contributed by atoms with van der Waals surface area (Å²) in [6, 6.07) is 7.30. The third-order valence-corrected chi connectivity index (χ3v) is 1.27. The second-order valence-electron chi connectivity index (χ2n) is 1.81. The van der Waals surface area contributed by atoms with Crippen LogP contribution >= 0.6 is 11.6 Å². The third-order valence-electron chi connectivity index (χ3n) is 1.05. The van der Waals surface area contributed by atoms with E-state index < -0.39 is 5.24 Å². The molecule has 51 valence electrons. The number of nitrogens with two attached hydrogens (primary N) is 1. The molecule has 2 nitrogen and oxygen atoms in total. The van der Waals surface area contributed by atoms with Gasteiger partial charge in [0.2, 0.25) is 0 Å². The van der Waals surface area contributed by atoms with Crippen molar-refractivity contribution in [3.63, 3.8) is 0 Å². The minimum Gasteiger partial charge on any atom is -0.398 e. The zero-order valence-corrected chi connectivity index (χ0v) is 5.85. The SMILES string of the molecule is Nc1[c]ccc(C(=O)Cl)c1. The molecule has 0 aliphatic carbocycles. The van der Waals surface area contributed by atoms with E-state index in [1.807, 2.05) is 0 Å². The van der Waals surface area contributed by atoms with Crippen molar-refractivity contribution >= 4 is 22.5 Å². The smallest absolute Gasteiger partial charge is 0.252 e. The highest BCUT2D eigenvalue weighted by Gasteiger charge is 1.99. The minimum atomic E-state index is -0.499. The van der Waals surface area contributed by atoms with Gasteiger partial charge >= 0.3 is 0 Å². The van der Waals surface area contributed by atoms with Gasteiger partial charge in [-0.25, -0.2) is 0 Å². The first kappa shape index (κ1) is 7.09. The molecule has 0 saturated heterocycles. The van der Waals surface area contributed by atoms with E-state index in [0.717, 1.165) is 0 Å². The van der Waals surface area contributed by atoms with Crippen LogP contribution in [-0.2, 0) is 0 Å². The highest BCUT2D eigenvalue weighted by Crippen LogP contribution is 2.07. The first-order chi connectivity index (χ1) is 4.70. The molecule has 0 aromatic heterocycles. The molecule has 1 radical (unpaired) electrons. The molecule has 0 aliphatic rings. The summed E-state index contributed by atoms with van der Waals surface area (Å²) in [6.07, 6.45) is 0. The third kappa shape index (κ3) is 1.48. The van der Waals surface area contributed by atoms with Crippen LogP contribution < -0.4 is 5.73 Å². The van der Waals surface area contributed by atoms with Crippen LogP contribution in [0.1, 0.15) is 10.4 Å². The largest absolute Gasteiger partial charge is 0.398 e. The maximum Gasteiger partial charge on any atom is 0.252 e. The van der Waals surface area contributed by atoms with Crippen molar-refractivity contribution in [1.82, 2.24) is 0 Å². The fourth-order valence-corrected chi connectivity index (χ4v) is 0.725. The van der Waals surface area contributed by atoms with Crippen LogP contribution in [0.5, 0.6) is 0 Å². The van der Waals surface area contributed by atoms with Crippen molar-refractivity contribution in [2.24, 2.45) is 0 Å². The van der Waals surface area contributed by atoms with Gasteiger partial charge in [-0.05, 0) is 23.7 Å². The Balaban J connectivity index is 3.07. The maximum absolute atomic E-state index is 10.5. The van der Waals surface area contributed by atoms with E-state index >= 15 is 0 Å². The predicted octanol–water partition coefficient (Wildman–Crippen LogP) is 1.45. The Labute approximate surface area is 63.6 Å². The van der Waals surface area contributed by atoms with E-state index in [2.05, 4.69) is 6.07 Å². The Kier molecular flexibility index (Phi) is 1.92. The van der Waals surface area contributed by atoms with Crippen molar-refractivity contribution in [3.8, 4) is 0 Å². The standard InChI is InChI=1S/C7H5ClNO/c8-7(10)5-2-1-3-6(9)4-5/h1-2,4H,9H2. The van der Waals surface area contributed by atoms with Gasteiger partial charge in [-0.1, -0.05) is 6.07 Å². The van der Waals surface area contributed by atoms with E-state index in [4.69, 9.17) is 17.3 Å².